The minimum Gasteiger partial charge on any atom is -0.497 e. The lowest BCUT2D eigenvalue weighted by atomic mass is 9.96. The number of carbonyl (C=O) groups is 1. The van der Waals surface area contributed by atoms with Crippen LogP contribution in [0, 0.1) is 5.92 Å². The predicted molar refractivity (Wildman–Crippen MR) is 124 cm³/mol. The van der Waals surface area contributed by atoms with E-state index in [1.807, 2.05) is 24.3 Å². The van der Waals surface area contributed by atoms with Gasteiger partial charge in [0.05, 0.1) is 30.7 Å². The van der Waals surface area contributed by atoms with Crippen molar-refractivity contribution < 1.29 is 22.7 Å². The summed E-state index contributed by atoms with van der Waals surface area (Å²) in [6, 6.07) is 11.8. The summed E-state index contributed by atoms with van der Waals surface area (Å²) in [4.78, 5) is 13.4. The fourth-order valence-electron chi connectivity index (χ4n) is 3.92. The Labute approximate surface area is 190 Å². The van der Waals surface area contributed by atoms with Crippen molar-refractivity contribution >= 4 is 15.9 Å². The van der Waals surface area contributed by atoms with Gasteiger partial charge in [0.2, 0.25) is 10.0 Å². The van der Waals surface area contributed by atoms with Crippen molar-refractivity contribution in [1.29, 1.82) is 0 Å². The molecule has 0 bridgehead atoms. The topological polar surface area (TPSA) is 84.9 Å². The third kappa shape index (κ3) is 5.42. The lowest BCUT2D eigenvalue weighted by Gasteiger charge is -2.22. The van der Waals surface area contributed by atoms with Crippen molar-refractivity contribution in [3.8, 4) is 11.5 Å². The van der Waals surface area contributed by atoms with Gasteiger partial charge in [-0.1, -0.05) is 26.0 Å². The summed E-state index contributed by atoms with van der Waals surface area (Å²) in [5.74, 6) is 1.04. The van der Waals surface area contributed by atoms with Gasteiger partial charge in [-0.3, -0.25) is 4.79 Å². The molecule has 0 spiro atoms. The minimum absolute atomic E-state index is 0.107. The van der Waals surface area contributed by atoms with Gasteiger partial charge in [0, 0.05) is 13.1 Å². The first kappa shape index (κ1) is 24.1. The molecule has 1 atom stereocenters. The van der Waals surface area contributed by atoms with Crippen LogP contribution in [0.4, 0.5) is 0 Å². The molecule has 1 heterocycles. The third-order valence-electron chi connectivity index (χ3n) is 5.65. The Morgan fingerprint density at radius 1 is 1.03 bits per heavy atom. The van der Waals surface area contributed by atoms with Crippen LogP contribution < -0.4 is 14.8 Å². The van der Waals surface area contributed by atoms with E-state index in [0.717, 1.165) is 30.6 Å². The van der Waals surface area contributed by atoms with E-state index in [1.54, 1.807) is 13.2 Å². The van der Waals surface area contributed by atoms with E-state index in [-0.39, 0.29) is 22.4 Å². The van der Waals surface area contributed by atoms with Gasteiger partial charge in [-0.25, -0.2) is 8.42 Å². The largest absolute Gasteiger partial charge is 0.497 e. The molecule has 174 valence electrons. The molecule has 2 aromatic carbocycles. The van der Waals surface area contributed by atoms with Crippen molar-refractivity contribution in [1.82, 2.24) is 9.62 Å². The summed E-state index contributed by atoms with van der Waals surface area (Å²) < 4.78 is 38.1. The van der Waals surface area contributed by atoms with E-state index in [0.29, 0.717) is 24.8 Å². The molecule has 8 heteroatoms. The van der Waals surface area contributed by atoms with Crippen LogP contribution in [0.1, 0.15) is 55.1 Å². The number of ether oxygens (including phenoxy) is 2. The Balaban J connectivity index is 1.91. The Bertz CT molecular complexity index is 1030. The summed E-state index contributed by atoms with van der Waals surface area (Å²) in [5, 5.41) is 3.07. The fraction of sp³-hybridized carbons (Fsp3) is 0.458. The fourth-order valence-corrected chi connectivity index (χ4v) is 5.47. The number of hydrogen-bond donors (Lipinski definition) is 1. The molecule has 1 amide bonds. The average Bonchev–Trinajstić information content (AvgIpc) is 3.34. The summed E-state index contributed by atoms with van der Waals surface area (Å²) in [6.07, 6.45) is 2.43. The zero-order chi connectivity index (χ0) is 23.3. The van der Waals surface area contributed by atoms with Crippen LogP contribution >= 0.6 is 0 Å². The second-order valence-electron chi connectivity index (χ2n) is 8.40. The third-order valence-corrected chi connectivity index (χ3v) is 7.54. The first-order valence-electron chi connectivity index (χ1n) is 10.9. The molecule has 32 heavy (non-hydrogen) atoms. The second-order valence-corrected chi connectivity index (χ2v) is 10.3. The van der Waals surface area contributed by atoms with Crippen LogP contribution in [-0.4, -0.2) is 45.9 Å². The molecule has 0 aliphatic carbocycles. The van der Waals surface area contributed by atoms with E-state index in [2.05, 4.69) is 19.2 Å². The number of sulfonamides is 1. The van der Waals surface area contributed by atoms with Gasteiger partial charge in [0.1, 0.15) is 11.5 Å². The van der Waals surface area contributed by atoms with E-state index in [9.17, 15) is 13.2 Å². The predicted octanol–water partition coefficient (Wildman–Crippen LogP) is 4.01. The highest BCUT2D eigenvalue weighted by Gasteiger charge is 2.29. The number of benzene rings is 2. The molecule has 2 aromatic rings. The van der Waals surface area contributed by atoms with Crippen LogP contribution in [0.2, 0.25) is 0 Å². The molecule has 0 radical (unpaired) electrons. The van der Waals surface area contributed by atoms with Crippen molar-refractivity contribution in [2.45, 2.75) is 44.0 Å². The first-order valence-corrected chi connectivity index (χ1v) is 12.3. The van der Waals surface area contributed by atoms with Gasteiger partial charge in [-0.15, -0.1) is 0 Å². The number of carbonyl (C=O) groups excluding carboxylic acids is 1. The highest BCUT2D eigenvalue weighted by atomic mass is 32.2. The molecule has 1 N–H and O–H groups in total. The van der Waals surface area contributed by atoms with Crippen LogP contribution in [0.5, 0.6) is 11.5 Å². The summed E-state index contributed by atoms with van der Waals surface area (Å²) in [7, 11) is -0.566. The molecule has 1 fully saturated rings. The van der Waals surface area contributed by atoms with Crippen LogP contribution in [0.15, 0.2) is 47.4 Å². The Hall–Kier alpha value is -2.58. The zero-order valence-electron chi connectivity index (χ0n) is 19.1. The van der Waals surface area contributed by atoms with E-state index in [1.165, 1.54) is 23.5 Å². The highest BCUT2D eigenvalue weighted by molar-refractivity contribution is 7.89. The Kier molecular flexibility index (Phi) is 7.79. The smallest absolute Gasteiger partial charge is 0.255 e. The van der Waals surface area contributed by atoms with E-state index < -0.39 is 10.0 Å². The summed E-state index contributed by atoms with van der Waals surface area (Å²) in [6.45, 7) is 5.19. The van der Waals surface area contributed by atoms with Crippen LogP contribution in [0.25, 0.3) is 0 Å². The van der Waals surface area contributed by atoms with Crippen LogP contribution in [0.3, 0.4) is 0 Å². The number of nitrogens with one attached hydrogen (secondary N) is 1. The van der Waals surface area contributed by atoms with Gasteiger partial charge in [0.25, 0.3) is 5.91 Å². The molecule has 1 aliphatic heterocycles. The second kappa shape index (κ2) is 10.4. The molecular weight excluding hydrogens is 428 g/mol. The monoisotopic (exact) mass is 460 g/mol. The lowest BCUT2D eigenvalue weighted by Crippen LogP contribution is -2.31. The average molecular weight is 461 g/mol. The Morgan fingerprint density at radius 2 is 1.69 bits per heavy atom. The molecule has 1 aliphatic rings. The van der Waals surface area contributed by atoms with E-state index >= 15 is 0 Å². The van der Waals surface area contributed by atoms with E-state index in [4.69, 9.17) is 9.47 Å². The van der Waals surface area contributed by atoms with Crippen molar-refractivity contribution in [3.63, 3.8) is 0 Å². The first-order chi connectivity index (χ1) is 15.3. The molecule has 0 saturated carbocycles. The quantitative estimate of drug-likeness (QED) is 0.611. The Morgan fingerprint density at radius 3 is 2.25 bits per heavy atom. The van der Waals surface area contributed by atoms with Crippen LogP contribution in [-0.2, 0) is 10.0 Å². The van der Waals surface area contributed by atoms with Gasteiger partial charge in [-0.2, -0.15) is 4.31 Å². The molecule has 7 nitrogen and oxygen atoms in total. The maximum absolute atomic E-state index is 13.3. The zero-order valence-corrected chi connectivity index (χ0v) is 19.9. The van der Waals surface area contributed by atoms with Gasteiger partial charge in [-0.05, 0) is 61.1 Å². The lowest BCUT2D eigenvalue weighted by molar-refractivity contribution is 0.0928. The van der Waals surface area contributed by atoms with Gasteiger partial charge in [0.15, 0.2) is 0 Å². The highest BCUT2D eigenvalue weighted by Crippen LogP contribution is 2.29. The van der Waals surface area contributed by atoms with Crippen molar-refractivity contribution in [2.75, 3.05) is 27.3 Å². The minimum atomic E-state index is -3.64. The molecule has 1 saturated heterocycles. The summed E-state index contributed by atoms with van der Waals surface area (Å²) >= 11 is 0. The SMILES string of the molecule is COc1ccc([C@H](CC(C)C)NC(=O)c2cc(S(=O)(=O)N3CCCC3)ccc2OC)cc1. The number of rotatable bonds is 9. The maximum Gasteiger partial charge on any atom is 0.255 e. The number of hydrogen-bond acceptors (Lipinski definition) is 5. The summed E-state index contributed by atoms with van der Waals surface area (Å²) in [5.41, 5.74) is 1.16. The van der Waals surface area contributed by atoms with Gasteiger partial charge >= 0.3 is 0 Å². The molecule has 0 unspecified atom stereocenters. The molecular formula is C24H32N2O5S. The maximum atomic E-state index is 13.3. The number of nitrogens with zero attached hydrogens (tertiary/aromatic N) is 1. The molecule has 3 rings (SSSR count). The normalized spacial score (nSPS) is 15.5. The van der Waals surface area contributed by atoms with Crippen molar-refractivity contribution in [2.24, 2.45) is 5.92 Å². The van der Waals surface area contributed by atoms with Crippen molar-refractivity contribution in [3.05, 3.63) is 53.6 Å². The number of methoxy groups -OCH3 is 2. The standard InChI is InChI=1S/C24H32N2O5S/c1-17(2)15-22(18-7-9-19(30-3)10-8-18)25-24(27)21-16-20(11-12-23(21)31-4)32(28,29)26-13-5-6-14-26/h7-12,16-17,22H,5-6,13-15H2,1-4H3,(H,25,27)/t22-/m0/s1. The number of amides is 1. The molecule has 0 aromatic heterocycles. The van der Waals surface area contributed by atoms with Gasteiger partial charge < -0.3 is 14.8 Å².